The summed E-state index contributed by atoms with van der Waals surface area (Å²) in [5.74, 6) is 1.28. The van der Waals surface area contributed by atoms with Crippen LogP contribution in [0.25, 0.3) is 0 Å². The Labute approximate surface area is 134 Å². The highest BCUT2D eigenvalue weighted by Gasteiger charge is 2.22. The van der Waals surface area contributed by atoms with Gasteiger partial charge in [0.15, 0.2) is 0 Å². The van der Waals surface area contributed by atoms with E-state index in [1.165, 1.54) is 0 Å². The number of phenols is 1. The second kappa shape index (κ2) is 6.23. The molecule has 1 aliphatic heterocycles. The summed E-state index contributed by atoms with van der Waals surface area (Å²) >= 11 is 6.18. The van der Waals surface area contributed by atoms with Crippen LogP contribution >= 0.6 is 11.6 Å². The van der Waals surface area contributed by atoms with Gasteiger partial charge in [-0.3, -0.25) is 5.41 Å². The Morgan fingerprint density at radius 1 is 1.09 bits per heavy atom. The van der Waals surface area contributed by atoms with Crippen LogP contribution in [-0.4, -0.2) is 47.0 Å². The fourth-order valence-electron chi connectivity index (χ4n) is 2.60. The van der Waals surface area contributed by atoms with E-state index in [-0.39, 0.29) is 5.75 Å². The number of halogens is 1. The third-order valence-corrected chi connectivity index (χ3v) is 4.09. The van der Waals surface area contributed by atoms with E-state index in [0.717, 1.165) is 18.9 Å². The number of nitrogens with zero attached hydrogens (tertiary/aromatic N) is 3. The van der Waals surface area contributed by atoms with E-state index in [2.05, 4.69) is 9.88 Å². The molecule has 0 atom stereocenters. The predicted octanol–water partition coefficient (Wildman–Crippen LogP) is 2.59. The zero-order valence-corrected chi connectivity index (χ0v) is 12.8. The van der Waals surface area contributed by atoms with E-state index in [1.807, 2.05) is 23.1 Å². The molecule has 6 heteroatoms. The third kappa shape index (κ3) is 2.85. The number of aromatic nitrogens is 1. The number of nitrogens with one attached hydrogen (secondary N) is 1. The average Bonchev–Trinajstić information content (AvgIpc) is 2.55. The monoisotopic (exact) mass is 316 g/mol. The Balaban J connectivity index is 1.68. The molecule has 1 fully saturated rings. The van der Waals surface area contributed by atoms with E-state index in [1.54, 1.807) is 24.4 Å². The number of hydrogen-bond donors (Lipinski definition) is 2. The lowest BCUT2D eigenvalue weighted by Gasteiger charge is -2.37. The van der Waals surface area contributed by atoms with Crippen LogP contribution in [0, 0.1) is 5.41 Å². The van der Waals surface area contributed by atoms with Crippen LogP contribution in [0.15, 0.2) is 42.6 Å². The molecule has 2 heterocycles. The molecule has 3 rings (SSSR count). The fourth-order valence-corrected chi connectivity index (χ4v) is 2.84. The maximum Gasteiger partial charge on any atom is 0.147 e. The van der Waals surface area contributed by atoms with Crippen molar-refractivity contribution in [1.82, 2.24) is 9.88 Å². The number of anilines is 1. The molecule has 0 amide bonds. The summed E-state index contributed by atoms with van der Waals surface area (Å²) in [6.07, 6.45) is 1.73. The second-order valence-corrected chi connectivity index (χ2v) is 5.56. The second-order valence-electron chi connectivity index (χ2n) is 5.15. The zero-order chi connectivity index (χ0) is 15.5. The molecule has 1 aromatic carbocycles. The van der Waals surface area contributed by atoms with Crippen molar-refractivity contribution >= 4 is 23.3 Å². The molecular formula is C16H17ClN4O. The SMILES string of the molecule is N=C(c1ccccc1O)N1CCN(c2ncccc2Cl)CC1. The molecule has 0 aliphatic carbocycles. The van der Waals surface area contributed by atoms with Gasteiger partial charge in [-0.05, 0) is 24.3 Å². The van der Waals surface area contributed by atoms with Gasteiger partial charge in [0.1, 0.15) is 17.4 Å². The van der Waals surface area contributed by atoms with Crippen molar-refractivity contribution < 1.29 is 5.11 Å². The van der Waals surface area contributed by atoms with Crippen molar-refractivity contribution in [3.8, 4) is 5.75 Å². The van der Waals surface area contributed by atoms with Gasteiger partial charge >= 0.3 is 0 Å². The van der Waals surface area contributed by atoms with Gasteiger partial charge in [0.25, 0.3) is 0 Å². The first-order chi connectivity index (χ1) is 10.7. The smallest absolute Gasteiger partial charge is 0.147 e. The van der Waals surface area contributed by atoms with E-state index in [0.29, 0.717) is 29.5 Å². The Morgan fingerprint density at radius 3 is 2.50 bits per heavy atom. The summed E-state index contributed by atoms with van der Waals surface area (Å²) in [6.45, 7) is 2.87. The number of para-hydroxylation sites is 1. The van der Waals surface area contributed by atoms with Crippen LogP contribution in [0.1, 0.15) is 5.56 Å². The van der Waals surface area contributed by atoms with Crippen LogP contribution in [-0.2, 0) is 0 Å². The number of phenolic OH excluding ortho intramolecular Hbond substituents is 1. The van der Waals surface area contributed by atoms with Crippen LogP contribution in [0.2, 0.25) is 5.02 Å². The molecule has 1 aromatic heterocycles. The maximum absolute atomic E-state index is 9.87. The molecule has 0 saturated carbocycles. The van der Waals surface area contributed by atoms with Crippen molar-refractivity contribution in [1.29, 1.82) is 5.41 Å². The highest BCUT2D eigenvalue weighted by atomic mass is 35.5. The Bertz CT molecular complexity index is 683. The van der Waals surface area contributed by atoms with Gasteiger partial charge in [0.05, 0.1) is 10.6 Å². The Hall–Kier alpha value is -2.27. The highest BCUT2D eigenvalue weighted by molar-refractivity contribution is 6.32. The summed E-state index contributed by atoms with van der Waals surface area (Å²) in [7, 11) is 0. The maximum atomic E-state index is 9.87. The minimum atomic E-state index is 0.141. The standard InChI is InChI=1S/C16H17ClN4O/c17-13-5-3-7-19-16(13)21-10-8-20(9-11-21)15(18)12-4-1-2-6-14(12)22/h1-7,18,22H,8-11H2. The lowest BCUT2D eigenvalue weighted by Crippen LogP contribution is -2.49. The topological polar surface area (TPSA) is 63.5 Å². The average molecular weight is 317 g/mol. The first-order valence-corrected chi connectivity index (χ1v) is 7.52. The molecule has 114 valence electrons. The first kappa shape index (κ1) is 14.7. The summed E-state index contributed by atoms with van der Waals surface area (Å²) in [6, 6.07) is 10.6. The fraction of sp³-hybridized carbons (Fsp3) is 0.250. The molecule has 2 N–H and O–H groups in total. The van der Waals surface area contributed by atoms with Crippen LogP contribution in [0.5, 0.6) is 5.75 Å². The molecule has 1 saturated heterocycles. The number of amidine groups is 1. The van der Waals surface area contributed by atoms with Crippen molar-refractivity contribution in [3.63, 3.8) is 0 Å². The van der Waals surface area contributed by atoms with Crippen molar-refractivity contribution in [2.75, 3.05) is 31.1 Å². The highest BCUT2D eigenvalue weighted by Crippen LogP contribution is 2.24. The van der Waals surface area contributed by atoms with Crippen molar-refractivity contribution in [2.24, 2.45) is 0 Å². The van der Waals surface area contributed by atoms with Crippen LogP contribution in [0.4, 0.5) is 5.82 Å². The van der Waals surface area contributed by atoms with Crippen molar-refractivity contribution in [2.45, 2.75) is 0 Å². The van der Waals surface area contributed by atoms with Crippen molar-refractivity contribution in [3.05, 3.63) is 53.2 Å². The van der Waals surface area contributed by atoms with Gasteiger partial charge in [-0.1, -0.05) is 23.7 Å². The number of hydrogen-bond acceptors (Lipinski definition) is 4. The lowest BCUT2D eigenvalue weighted by molar-refractivity contribution is 0.381. The summed E-state index contributed by atoms with van der Waals surface area (Å²) in [5.41, 5.74) is 0.562. The van der Waals surface area contributed by atoms with Gasteiger partial charge in [-0.25, -0.2) is 4.98 Å². The molecular weight excluding hydrogens is 300 g/mol. The molecule has 5 nitrogen and oxygen atoms in total. The lowest BCUT2D eigenvalue weighted by atomic mass is 10.1. The van der Waals surface area contributed by atoms with Gasteiger partial charge in [0.2, 0.25) is 0 Å². The summed E-state index contributed by atoms with van der Waals surface area (Å²) < 4.78 is 0. The van der Waals surface area contributed by atoms with E-state index in [4.69, 9.17) is 17.0 Å². The Kier molecular flexibility index (Phi) is 4.15. The molecule has 1 aliphatic rings. The van der Waals surface area contributed by atoms with Gasteiger partial charge < -0.3 is 14.9 Å². The number of aromatic hydroxyl groups is 1. The molecule has 0 spiro atoms. The van der Waals surface area contributed by atoms with Gasteiger partial charge in [-0.2, -0.15) is 0 Å². The molecule has 0 unspecified atom stereocenters. The zero-order valence-electron chi connectivity index (χ0n) is 12.0. The van der Waals surface area contributed by atoms with E-state index in [9.17, 15) is 5.11 Å². The van der Waals surface area contributed by atoms with Gasteiger partial charge in [0, 0.05) is 32.4 Å². The number of pyridine rings is 1. The molecule has 2 aromatic rings. The molecule has 0 bridgehead atoms. The number of piperazine rings is 1. The minimum Gasteiger partial charge on any atom is -0.507 e. The summed E-state index contributed by atoms with van der Waals surface area (Å²) in [4.78, 5) is 8.41. The third-order valence-electron chi connectivity index (χ3n) is 3.79. The normalized spacial score (nSPS) is 15.0. The molecule has 22 heavy (non-hydrogen) atoms. The Morgan fingerprint density at radius 2 is 1.82 bits per heavy atom. The number of benzene rings is 1. The minimum absolute atomic E-state index is 0.141. The quantitative estimate of drug-likeness (QED) is 0.660. The van der Waals surface area contributed by atoms with E-state index < -0.39 is 0 Å². The van der Waals surface area contributed by atoms with Crippen LogP contribution in [0.3, 0.4) is 0 Å². The van der Waals surface area contributed by atoms with Crippen LogP contribution < -0.4 is 4.90 Å². The first-order valence-electron chi connectivity index (χ1n) is 7.14. The molecule has 0 radical (unpaired) electrons. The largest absolute Gasteiger partial charge is 0.507 e. The van der Waals surface area contributed by atoms with E-state index >= 15 is 0 Å². The number of rotatable bonds is 2. The predicted molar refractivity (Wildman–Crippen MR) is 88.0 cm³/mol. The van der Waals surface area contributed by atoms with Gasteiger partial charge in [-0.15, -0.1) is 0 Å². The summed E-state index contributed by atoms with van der Waals surface area (Å²) in [5, 5.41) is 18.8.